The molecule has 2 N–H and O–H groups in total. The van der Waals surface area contributed by atoms with E-state index < -0.39 is 5.82 Å². The van der Waals surface area contributed by atoms with E-state index in [1.807, 2.05) is 41.9 Å². The van der Waals surface area contributed by atoms with E-state index >= 15 is 0 Å². The molecule has 0 amide bonds. The summed E-state index contributed by atoms with van der Waals surface area (Å²) in [7, 11) is 2.00. The van der Waals surface area contributed by atoms with E-state index in [4.69, 9.17) is 0 Å². The number of fused-ring (bicyclic) bond motifs is 1. The van der Waals surface area contributed by atoms with Gasteiger partial charge < -0.3 is 10.6 Å². The van der Waals surface area contributed by atoms with Gasteiger partial charge in [-0.2, -0.15) is 0 Å². The number of nitrogens with zero attached hydrogens (tertiary/aromatic N) is 5. The molecule has 0 atom stereocenters. The predicted molar refractivity (Wildman–Crippen MR) is 118 cm³/mol. The number of imidazole rings is 1. The molecule has 0 bridgehead atoms. The minimum Gasteiger partial charge on any atom is -0.351 e. The lowest BCUT2D eigenvalue weighted by Gasteiger charge is -2.28. The van der Waals surface area contributed by atoms with Gasteiger partial charge in [0.25, 0.3) is 0 Å². The smallest absolute Gasteiger partial charge is 0.223 e. The van der Waals surface area contributed by atoms with Crippen molar-refractivity contribution >= 4 is 11.6 Å². The fourth-order valence-corrected chi connectivity index (χ4v) is 4.19. The van der Waals surface area contributed by atoms with E-state index in [9.17, 15) is 4.39 Å². The van der Waals surface area contributed by atoms with Crippen LogP contribution in [0.3, 0.4) is 0 Å². The lowest BCUT2D eigenvalue weighted by atomic mass is 9.91. The molecule has 7 nitrogen and oxygen atoms in total. The van der Waals surface area contributed by atoms with Crippen LogP contribution in [0.2, 0.25) is 0 Å². The van der Waals surface area contributed by atoms with E-state index in [1.54, 1.807) is 18.6 Å². The van der Waals surface area contributed by atoms with Crippen LogP contribution in [0.15, 0.2) is 55.2 Å². The van der Waals surface area contributed by atoms with E-state index in [2.05, 4.69) is 30.6 Å². The summed E-state index contributed by atoms with van der Waals surface area (Å²) in [5.74, 6) is -0.0271. The molecule has 1 fully saturated rings. The van der Waals surface area contributed by atoms with E-state index in [-0.39, 0.29) is 5.69 Å². The van der Waals surface area contributed by atoms with Crippen LogP contribution in [-0.2, 0) is 0 Å². The molecule has 31 heavy (non-hydrogen) atoms. The highest BCUT2D eigenvalue weighted by molar-refractivity contribution is 5.67. The Labute approximate surface area is 179 Å². The van der Waals surface area contributed by atoms with Crippen LogP contribution in [-0.4, -0.2) is 43.5 Å². The summed E-state index contributed by atoms with van der Waals surface area (Å²) < 4.78 is 16.6. The number of aromatic nitrogens is 5. The minimum atomic E-state index is -0.474. The van der Waals surface area contributed by atoms with Crippen LogP contribution < -0.4 is 10.6 Å². The highest BCUT2D eigenvalue weighted by Crippen LogP contribution is 2.27. The van der Waals surface area contributed by atoms with Crippen LogP contribution in [0.5, 0.6) is 0 Å². The average Bonchev–Trinajstić information content (AvgIpc) is 3.24. The maximum absolute atomic E-state index is 14.7. The van der Waals surface area contributed by atoms with Crippen LogP contribution >= 0.6 is 0 Å². The summed E-state index contributed by atoms with van der Waals surface area (Å²) in [5, 5.41) is 6.72. The maximum Gasteiger partial charge on any atom is 0.223 e. The Bertz CT molecular complexity index is 1180. The van der Waals surface area contributed by atoms with Crippen molar-refractivity contribution < 1.29 is 4.39 Å². The highest BCUT2D eigenvalue weighted by atomic mass is 19.1. The van der Waals surface area contributed by atoms with Gasteiger partial charge in [-0.25, -0.2) is 19.3 Å². The fourth-order valence-electron chi connectivity index (χ4n) is 4.19. The second-order valence-corrected chi connectivity index (χ2v) is 7.90. The lowest BCUT2D eigenvalue weighted by molar-refractivity contribution is 0.370. The van der Waals surface area contributed by atoms with Crippen molar-refractivity contribution in [1.29, 1.82) is 0 Å². The van der Waals surface area contributed by atoms with Gasteiger partial charge in [0.1, 0.15) is 11.3 Å². The lowest BCUT2D eigenvalue weighted by Crippen LogP contribution is -2.35. The molecule has 0 aromatic carbocycles. The normalized spacial score (nSPS) is 18.9. The van der Waals surface area contributed by atoms with Gasteiger partial charge in [-0.3, -0.25) is 9.38 Å². The van der Waals surface area contributed by atoms with E-state index in [1.165, 1.54) is 6.20 Å². The maximum atomic E-state index is 14.7. The first kappa shape index (κ1) is 19.6. The Morgan fingerprint density at radius 3 is 2.58 bits per heavy atom. The number of halogens is 1. The zero-order valence-corrected chi connectivity index (χ0v) is 17.3. The molecule has 0 radical (unpaired) electrons. The predicted octanol–water partition coefficient (Wildman–Crippen LogP) is 3.93. The monoisotopic (exact) mass is 417 g/mol. The molecule has 158 valence electrons. The molecule has 0 unspecified atom stereocenters. The number of anilines is 1. The average molecular weight is 417 g/mol. The van der Waals surface area contributed by atoms with Crippen LogP contribution in [0.25, 0.3) is 28.2 Å². The van der Waals surface area contributed by atoms with Gasteiger partial charge in [0.05, 0.1) is 18.1 Å². The summed E-state index contributed by atoms with van der Waals surface area (Å²) in [6.07, 6.45) is 12.6. The van der Waals surface area contributed by atoms with Crippen molar-refractivity contribution in [3.8, 4) is 22.5 Å². The van der Waals surface area contributed by atoms with Gasteiger partial charge in [-0.15, -0.1) is 0 Å². The minimum absolute atomic E-state index is 0.234. The van der Waals surface area contributed by atoms with Crippen molar-refractivity contribution in [2.45, 2.75) is 37.8 Å². The fraction of sp³-hybridized carbons (Fsp3) is 0.304. The summed E-state index contributed by atoms with van der Waals surface area (Å²) >= 11 is 0. The first-order chi connectivity index (χ1) is 15.2. The van der Waals surface area contributed by atoms with Gasteiger partial charge in [-0.05, 0) is 50.9 Å². The van der Waals surface area contributed by atoms with Gasteiger partial charge >= 0.3 is 0 Å². The Hall–Kier alpha value is -3.39. The standard InChI is InChI=1S/C23H24FN7/c1-25-17-5-7-18(8-6-17)29-23-28-12-19(24)22(30-23)20-13-27-21-9-4-16(14-31(20)21)15-3-2-10-26-11-15/h2-4,9-14,17-18,25H,5-8H2,1H3,(H,28,29,30). The molecule has 1 aliphatic rings. The van der Waals surface area contributed by atoms with Gasteiger partial charge in [0.2, 0.25) is 5.95 Å². The number of pyridine rings is 2. The molecule has 5 rings (SSSR count). The molecular weight excluding hydrogens is 393 g/mol. The van der Waals surface area contributed by atoms with Crippen molar-refractivity contribution in [1.82, 2.24) is 29.7 Å². The molecular formula is C23H24FN7. The van der Waals surface area contributed by atoms with Crippen molar-refractivity contribution in [2.24, 2.45) is 0 Å². The number of rotatable bonds is 5. The molecule has 0 saturated heterocycles. The van der Waals surface area contributed by atoms with Crippen LogP contribution in [0.1, 0.15) is 25.7 Å². The second-order valence-electron chi connectivity index (χ2n) is 7.90. The van der Waals surface area contributed by atoms with Crippen molar-refractivity contribution in [2.75, 3.05) is 12.4 Å². The summed E-state index contributed by atoms with van der Waals surface area (Å²) in [4.78, 5) is 17.3. The van der Waals surface area contributed by atoms with E-state index in [0.29, 0.717) is 23.7 Å². The molecule has 0 aliphatic heterocycles. The molecule has 0 spiro atoms. The Morgan fingerprint density at radius 2 is 1.81 bits per heavy atom. The van der Waals surface area contributed by atoms with Gasteiger partial charge in [-0.1, -0.05) is 6.07 Å². The molecule has 4 aromatic heterocycles. The third-order valence-corrected chi connectivity index (χ3v) is 5.96. The number of hydrogen-bond acceptors (Lipinski definition) is 6. The molecule has 4 heterocycles. The van der Waals surface area contributed by atoms with Gasteiger partial charge in [0, 0.05) is 41.8 Å². The largest absolute Gasteiger partial charge is 0.351 e. The Kier molecular flexibility index (Phi) is 5.30. The third-order valence-electron chi connectivity index (χ3n) is 5.96. The van der Waals surface area contributed by atoms with Gasteiger partial charge in [0.15, 0.2) is 5.82 Å². The number of nitrogens with one attached hydrogen (secondary N) is 2. The molecule has 4 aromatic rings. The zero-order valence-electron chi connectivity index (χ0n) is 17.3. The SMILES string of the molecule is CNC1CCC(Nc2ncc(F)c(-c3cnc4ccc(-c5cccnc5)cn34)n2)CC1. The van der Waals surface area contributed by atoms with Crippen molar-refractivity contribution in [3.63, 3.8) is 0 Å². The molecule has 8 heteroatoms. The van der Waals surface area contributed by atoms with Crippen molar-refractivity contribution in [3.05, 3.63) is 61.1 Å². The quantitative estimate of drug-likeness (QED) is 0.512. The summed E-state index contributed by atoms with van der Waals surface area (Å²) in [6.45, 7) is 0. The Balaban J connectivity index is 1.46. The third kappa shape index (κ3) is 3.98. The zero-order chi connectivity index (χ0) is 21.2. The summed E-state index contributed by atoms with van der Waals surface area (Å²) in [5.41, 5.74) is 3.49. The van der Waals surface area contributed by atoms with Crippen LogP contribution in [0, 0.1) is 5.82 Å². The summed E-state index contributed by atoms with van der Waals surface area (Å²) in [6, 6.07) is 8.62. The molecule has 1 saturated carbocycles. The first-order valence-corrected chi connectivity index (χ1v) is 10.6. The second kappa shape index (κ2) is 8.39. The topological polar surface area (TPSA) is 80.0 Å². The van der Waals surface area contributed by atoms with Crippen LogP contribution in [0.4, 0.5) is 10.3 Å². The van der Waals surface area contributed by atoms with E-state index in [0.717, 1.165) is 42.5 Å². The first-order valence-electron chi connectivity index (χ1n) is 10.6. The Morgan fingerprint density at radius 1 is 0.968 bits per heavy atom. The highest BCUT2D eigenvalue weighted by Gasteiger charge is 2.21. The number of hydrogen-bond donors (Lipinski definition) is 2. The molecule has 1 aliphatic carbocycles.